The molecule has 2 amide bonds. The summed E-state index contributed by atoms with van der Waals surface area (Å²) in [6, 6.07) is 8.89. The van der Waals surface area contributed by atoms with E-state index in [9.17, 15) is 14.7 Å². The molecule has 0 bridgehead atoms. The van der Waals surface area contributed by atoms with E-state index in [1.54, 1.807) is 6.07 Å². The molecule has 0 saturated heterocycles. The smallest absolute Gasteiger partial charge is 0.329 e. The molecular weight excluding hydrogens is 369 g/mol. The van der Waals surface area contributed by atoms with E-state index >= 15 is 0 Å². The number of ether oxygens (including phenoxy) is 1. The van der Waals surface area contributed by atoms with Gasteiger partial charge in [-0.1, -0.05) is 23.2 Å². The van der Waals surface area contributed by atoms with Crippen molar-refractivity contribution in [2.75, 3.05) is 12.4 Å². The van der Waals surface area contributed by atoms with Crippen LogP contribution in [0.15, 0.2) is 41.5 Å². The van der Waals surface area contributed by atoms with Crippen molar-refractivity contribution in [3.05, 3.63) is 52.0 Å². The number of hydrogen-bond acceptors (Lipinski definition) is 5. The number of nitrogens with one attached hydrogen (secondary N) is 2. The number of hydrazone groups is 1. The van der Waals surface area contributed by atoms with Crippen LogP contribution >= 0.6 is 23.2 Å². The van der Waals surface area contributed by atoms with Gasteiger partial charge >= 0.3 is 11.8 Å². The van der Waals surface area contributed by atoms with Crippen LogP contribution in [-0.2, 0) is 9.59 Å². The molecule has 0 saturated carbocycles. The molecule has 2 aromatic carbocycles. The van der Waals surface area contributed by atoms with Crippen molar-refractivity contribution < 1.29 is 19.4 Å². The van der Waals surface area contributed by atoms with E-state index in [-0.39, 0.29) is 10.8 Å². The Bertz CT molecular complexity index is 840. The van der Waals surface area contributed by atoms with Crippen LogP contribution in [0.5, 0.6) is 11.5 Å². The Kier molecular flexibility index (Phi) is 6.21. The lowest BCUT2D eigenvalue weighted by Gasteiger charge is -2.05. The van der Waals surface area contributed by atoms with Gasteiger partial charge in [-0.05, 0) is 36.4 Å². The number of halogens is 2. The van der Waals surface area contributed by atoms with Gasteiger partial charge < -0.3 is 15.2 Å². The first-order valence-electron chi connectivity index (χ1n) is 6.87. The minimum absolute atomic E-state index is 0.0564. The number of carbonyl (C=O) groups is 2. The third kappa shape index (κ3) is 5.10. The predicted octanol–water partition coefficient (Wildman–Crippen LogP) is 2.80. The molecular formula is C16H13Cl2N3O4. The Morgan fingerprint density at radius 1 is 1.12 bits per heavy atom. The van der Waals surface area contributed by atoms with E-state index < -0.39 is 11.8 Å². The summed E-state index contributed by atoms with van der Waals surface area (Å²) in [5, 5.41) is 16.2. The fourth-order valence-electron chi connectivity index (χ4n) is 1.74. The van der Waals surface area contributed by atoms with E-state index in [0.29, 0.717) is 22.0 Å². The number of carbonyl (C=O) groups excluding carboxylic acids is 2. The van der Waals surface area contributed by atoms with Crippen LogP contribution in [0.3, 0.4) is 0 Å². The third-order valence-corrected chi connectivity index (χ3v) is 3.73. The molecule has 0 aliphatic heterocycles. The lowest BCUT2D eigenvalue weighted by atomic mass is 10.2. The van der Waals surface area contributed by atoms with Crippen LogP contribution in [0.4, 0.5) is 5.69 Å². The second kappa shape index (κ2) is 8.36. The number of anilines is 1. The number of phenolic OH excluding ortho intramolecular Hbond substituents is 1. The van der Waals surface area contributed by atoms with Gasteiger partial charge in [0.2, 0.25) is 0 Å². The van der Waals surface area contributed by atoms with Gasteiger partial charge in [-0.25, -0.2) is 5.43 Å². The standard InChI is InChI=1S/C16H13Cl2N3O4/c1-25-11-3-5-14(22)9(6-11)8-19-21-16(24)15(23)20-10-2-4-12(17)13(18)7-10/h2-8,22H,1H3,(H,20,23)(H,21,24)/b19-8-. The highest BCUT2D eigenvalue weighted by Crippen LogP contribution is 2.25. The molecule has 0 atom stereocenters. The Labute approximate surface area is 153 Å². The molecule has 2 aromatic rings. The Morgan fingerprint density at radius 3 is 2.56 bits per heavy atom. The zero-order chi connectivity index (χ0) is 18.4. The summed E-state index contributed by atoms with van der Waals surface area (Å²) < 4.78 is 5.02. The number of benzene rings is 2. The molecule has 0 radical (unpaired) electrons. The minimum atomic E-state index is -0.996. The molecule has 7 nitrogen and oxygen atoms in total. The average Bonchev–Trinajstić information content (AvgIpc) is 2.59. The number of methoxy groups -OCH3 is 1. The maximum Gasteiger partial charge on any atom is 0.329 e. The quantitative estimate of drug-likeness (QED) is 0.430. The molecule has 9 heteroatoms. The molecule has 0 unspecified atom stereocenters. The molecule has 2 rings (SSSR count). The van der Waals surface area contributed by atoms with Crippen LogP contribution in [0.25, 0.3) is 0 Å². The number of amides is 2. The molecule has 0 aliphatic carbocycles. The van der Waals surface area contributed by atoms with Gasteiger partial charge in [0.05, 0.1) is 23.4 Å². The molecule has 25 heavy (non-hydrogen) atoms. The van der Waals surface area contributed by atoms with Gasteiger partial charge in [-0.15, -0.1) is 0 Å². The van der Waals surface area contributed by atoms with Crippen LogP contribution < -0.4 is 15.5 Å². The van der Waals surface area contributed by atoms with Gasteiger partial charge in [0.25, 0.3) is 0 Å². The first-order valence-corrected chi connectivity index (χ1v) is 7.62. The van der Waals surface area contributed by atoms with Crippen molar-refractivity contribution in [2.45, 2.75) is 0 Å². The number of hydrogen-bond donors (Lipinski definition) is 3. The zero-order valence-electron chi connectivity index (χ0n) is 12.9. The first-order chi connectivity index (χ1) is 11.9. The molecule has 0 aromatic heterocycles. The van der Waals surface area contributed by atoms with Crippen LogP contribution in [0, 0.1) is 0 Å². The average molecular weight is 382 g/mol. The zero-order valence-corrected chi connectivity index (χ0v) is 14.4. The van der Waals surface area contributed by atoms with E-state index in [1.165, 1.54) is 43.7 Å². The van der Waals surface area contributed by atoms with Crippen LogP contribution in [-0.4, -0.2) is 30.2 Å². The van der Waals surface area contributed by atoms with E-state index in [2.05, 4.69) is 10.4 Å². The molecule has 0 aliphatic rings. The van der Waals surface area contributed by atoms with Crippen LogP contribution in [0.2, 0.25) is 10.0 Å². The molecule has 0 heterocycles. The van der Waals surface area contributed by atoms with Crippen molar-refractivity contribution in [3.8, 4) is 11.5 Å². The second-order valence-electron chi connectivity index (χ2n) is 4.71. The number of aromatic hydroxyl groups is 1. The minimum Gasteiger partial charge on any atom is -0.507 e. The summed E-state index contributed by atoms with van der Waals surface area (Å²) >= 11 is 11.6. The highest BCUT2D eigenvalue weighted by atomic mass is 35.5. The Morgan fingerprint density at radius 2 is 1.88 bits per heavy atom. The predicted molar refractivity (Wildman–Crippen MR) is 95.5 cm³/mol. The summed E-state index contributed by atoms with van der Waals surface area (Å²) in [7, 11) is 1.47. The lowest BCUT2D eigenvalue weighted by Crippen LogP contribution is -2.32. The maximum absolute atomic E-state index is 11.8. The van der Waals surface area contributed by atoms with Crippen molar-refractivity contribution in [1.82, 2.24) is 5.43 Å². The summed E-state index contributed by atoms with van der Waals surface area (Å²) in [5.74, 6) is -1.49. The van der Waals surface area contributed by atoms with Crippen molar-refractivity contribution in [1.29, 1.82) is 0 Å². The molecule has 0 spiro atoms. The van der Waals surface area contributed by atoms with Crippen molar-refractivity contribution in [2.24, 2.45) is 5.10 Å². The van der Waals surface area contributed by atoms with Gasteiger partial charge in [-0.2, -0.15) is 5.10 Å². The SMILES string of the molecule is COc1ccc(O)c(/C=N\NC(=O)C(=O)Nc2ccc(Cl)c(Cl)c2)c1. The van der Waals surface area contributed by atoms with E-state index in [0.717, 1.165) is 0 Å². The topological polar surface area (TPSA) is 100 Å². The Hall–Kier alpha value is -2.77. The fourth-order valence-corrected chi connectivity index (χ4v) is 2.03. The second-order valence-corrected chi connectivity index (χ2v) is 5.52. The summed E-state index contributed by atoms with van der Waals surface area (Å²) in [5.41, 5.74) is 2.67. The monoisotopic (exact) mass is 381 g/mol. The van der Waals surface area contributed by atoms with Gasteiger partial charge in [-0.3, -0.25) is 9.59 Å². The third-order valence-electron chi connectivity index (χ3n) is 2.99. The number of phenols is 1. The summed E-state index contributed by atoms with van der Waals surface area (Å²) in [6.45, 7) is 0. The molecule has 130 valence electrons. The fraction of sp³-hybridized carbons (Fsp3) is 0.0625. The Balaban J connectivity index is 1.97. The summed E-state index contributed by atoms with van der Waals surface area (Å²) in [4.78, 5) is 23.5. The molecule has 0 fully saturated rings. The number of nitrogens with zero attached hydrogens (tertiary/aromatic N) is 1. The molecule has 3 N–H and O–H groups in total. The highest BCUT2D eigenvalue weighted by Gasteiger charge is 2.13. The van der Waals surface area contributed by atoms with Crippen molar-refractivity contribution >= 4 is 46.9 Å². The number of rotatable bonds is 4. The van der Waals surface area contributed by atoms with E-state index in [4.69, 9.17) is 27.9 Å². The first kappa shape index (κ1) is 18.6. The van der Waals surface area contributed by atoms with Crippen molar-refractivity contribution in [3.63, 3.8) is 0 Å². The van der Waals surface area contributed by atoms with Gasteiger partial charge in [0, 0.05) is 11.3 Å². The largest absolute Gasteiger partial charge is 0.507 e. The van der Waals surface area contributed by atoms with Crippen LogP contribution in [0.1, 0.15) is 5.56 Å². The summed E-state index contributed by atoms with van der Waals surface area (Å²) in [6.07, 6.45) is 1.18. The van der Waals surface area contributed by atoms with Gasteiger partial charge in [0.1, 0.15) is 11.5 Å². The van der Waals surface area contributed by atoms with Gasteiger partial charge in [0.15, 0.2) is 0 Å². The maximum atomic E-state index is 11.8. The normalized spacial score (nSPS) is 10.5. The highest BCUT2D eigenvalue weighted by molar-refractivity contribution is 6.42. The lowest BCUT2D eigenvalue weighted by molar-refractivity contribution is -0.136. The van der Waals surface area contributed by atoms with E-state index in [1.807, 2.05) is 5.43 Å².